The molecule has 0 aliphatic rings. The minimum atomic E-state index is -0.190. The van der Waals surface area contributed by atoms with Crippen molar-refractivity contribution in [3.63, 3.8) is 0 Å². The third-order valence-corrected chi connectivity index (χ3v) is 4.52. The molecule has 1 N–H and O–H groups in total. The average Bonchev–Trinajstić information content (AvgIpc) is 2.73. The summed E-state index contributed by atoms with van der Waals surface area (Å²) in [6.45, 7) is 2.34. The van der Waals surface area contributed by atoms with Crippen molar-refractivity contribution in [3.05, 3.63) is 59.7 Å². The zero-order valence-electron chi connectivity index (χ0n) is 17.8. The normalized spacial score (nSPS) is 12.1. The van der Waals surface area contributed by atoms with Crippen molar-refractivity contribution < 1.29 is 19.0 Å². The summed E-state index contributed by atoms with van der Waals surface area (Å²) in [5, 5.41) is 2.94. The lowest BCUT2D eigenvalue weighted by Gasteiger charge is -2.25. The number of benzene rings is 2. The zero-order chi connectivity index (χ0) is 21.2. The van der Waals surface area contributed by atoms with Crippen molar-refractivity contribution in [3.8, 4) is 17.2 Å². The van der Waals surface area contributed by atoms with Crippen LogP contribution in [0.15, 0.2) is 48.5 Å². The van der Waals surface area contributed by atoms with E-state index in [9.17, 15) is 4.79 Å². The van der Waals surface area contributed by atoms with Crippen molar-refractivity contribution >= 4 is 12.0 Å². The third kappa shape index (κ3) is 6.54. The molecule has 6 nitrogen and oxygen atoms in total. The lowest BCUT2D eigenvalue weighted by molar-refractivity contribution is -0.123. The fourth-order valence-corrected chi connectivity index (χ4v) is 2.93. The van der Waals surface area contributed by atoms with Gasteiger partial charge in [0, 0.05) is 6.54 Å². The molecule has 0 spiro atoms. The van der Waals surface area contributed by atoms with Gasteiger partial charge in [0.1, 0.15) is 5.75 Å². The second-order valence-corrected chi connectivity index (χ2v) is 6.76. The molecule has 2 rings (SSSR count). The van der Waals surface area contributed by atoms with Gasteiger partial charge in [-0.1, -0.05) is 30.4 Å². The first kappa shape index (κ1) is 22.3. The number of likely N-dealkylation sites (N-methyl/N-ethyl adjacent to an activating group) is 1. The fourth-order valence-electron chi connectivity index (χ4n) is 2.93. The molecule has 0 fully saturated rings. The summed E-state index contributed by atoms with van der Waals surface area (Å²) in [5.41, 5.74) is 2.10. The monoisotopic (exact) mass is 398 g/mol. The second kappa shape index (κ2) is 11.1. The molecule has 2 aromatic carbocycles. The van der Waals surface area contributed by atoms with Gasteiger partial charge in [0.15, 0.2) is 18.1 Å². The lowest BCUT2D eigenvalue weighted by atomic mass is 10.1. The van der Waals surface area contributed by atoms with E-state index in [0.29, 0.717) is 18.0 Å². The highest BCUT2D eigenvalue weighted by atomic mass is 16.5. The van der Waals surface area contributed by atoms with E-state index in [1.165, 1.54) is 0 Å². The van der Waals surface area contributed by atoms with Gasteiger partial charge in [-0.2, -0.15) is 0 Å². The highest BCUT2D eigenvalue weighted by Gasteiger charge is 2.16. The summed E-state index contributed by atoms with van der Waals surface area (Å²) < 4.78 is 16.2. The number of hydrogen-bond donors (Lipinski definition) is 1. The van der Waals surface area contributed by atoms with Gasteiger partial charge in [-0.25, -0.2) is 0 Å². The van der Waals surface area contributed by atoms with E-state index in [2.05, 4.69) is 10.2 Å². The van der Waals surface area contributed by atoms with E-state index >= 15 is 0 Å². The van der Waals surface area contributed by atoms with Crippen LogP contribution in [0.3, 0.4) is 0 Å². The first-order valence-corrected chi connectivity index (χ1v) is 9.49. The molecule has 1 amide bonds. The summed E-state index contributed by atoms with van der Waals surface area (Å²) in [4.78, 5) is 14.4. The van der Waals surface area contributed by atoms with Crippen LogP contribution in [0.2, 0.25) is 0 Å². The van der Waals surface area contributed by atoms with Gasteiger partial charge < -0.3 is 24.4 Å². The number of hydrogen-bond acceptors (Lipinski definition) is 5. The van der Waals surface area contributed by atoms with E-state index in [1.807, 2.05) is 69.6 Å². The third-order valence-electron chi connectivity index (χ3n) is 4.52. The van der Waals surface area contributed by atoms with E-state index in [0.717, 1.165) is 16.9 Å². The van der Waals surface area contributed by atoms with Crippen molar-refractivity contribution in [1.29, 1.82) is 0 Å². The van der Waals surface area contributed by atoms with Crippen LogP contribution in [0, 0.1) is 0 Å². The van der Waals surface area contributed by atoms with Gasteiger partial charge in [-0.3, -0.25) is 4.79 Å². The van der Waals surface area contributed by atoms with Gasteiger partial charge in [0.05, 0.1) is 20.3 Å². The summed E-state index contributed by atoms with van der Waals surface area (Å²) in [5.74, 6) is 1.75. The number of nitrogens with zero attached hydrogens (tertiary/aromatic N) is 1. The number of rotatable bonds is 10. The summed E-state index contributed by atoms with van der Waals surface area (Å²) in [6, 6.07) is 13.5. The molecular weight excluding hydrogens is 368 g/mol. The highest BCUT2D eigenvalue weighted by molar-refractivity contribution is 5.77. The predicted molar refractivity (Wildman–Crippen MR) is 116 cm³/mol. The van der Waals surface area contributed by atoms with Crippen LogP contribution in [0.1, 0.15) is 24.1 Å². The Balaban J connectivity index is 1.94. The van der Waals surface area contributed by atoms with Gasteiger partial charge in [-0.05, 0) is 56.4 Å². The van der Waals surface area contributed by atoms with Crippen LogP contribution in [-0.4, -0.2) is 52.3 Å². The molecular formula is C23H30N2O4. The Labute approximate surface area is 173 Å². The standard InChI is InChI=1S/C23H30N2O4/c1-6-7-17-8-13-21(22(14-17)28-5)29-16-23(26)24-15-20(25(2)3)18-9-11-19(27-4)12-10-18/h6-14,20H,15-16H2,1-5H3,(H,24,26)/b7-6+. The Morgan fingerprint density at radius 2 is 1.79 bits per heavy atom. The molecule has 0 saturated carbocycles. The van der Waals surface area contributed by atoms with Crippen LogP contribution in [0.5, 0.6) is 17.2 Å². The Morgan fingerprint density at radius 3 is 2.38 bits per heavy atom. The van der Waals surface area contributed by atoms with Crippen LogP contribution in [0.25, 0.3) is 6.08 Å². The van der Waals surface area contributed by atoms with Crippen molar-refractivity contribution in [2.45, 2.75) is 13.0 Å². The maximum Gasteiger partial charge on any atom is 0.258 e. The number of carbonyl (C=O) groups excluding carboxylic acids is 1. The molecule has 0 radical (unpaired) electrons. The Bertz CT molecular complexity index is 816. The predicted octanol–water partition coefficient (Wildman–Crippen LogP) is 3.53. The second-order valence-electron chi connectivity index (χ2n) is 6.76. The minimum Gasteiger partial charge on any atom is -0.497 e. The van der Waals surface area contributed by atoms with Crippen LogP contribution in [0.4, 0.5) is 0 Å². The topological polar surface area (TPSA) is 60.0 Å². The number of ether oxygens (including phenoxy) is 3. The maximum absolute atomic E-state index is 12.3. The van der Waals surface area contributed by atoms with Crippen molar-refractivity contribution in [2.24, 2.45) is 0 Å². The van der Waals surface area contributed by atoms with E-state index in [1.54, 1.807) is 20.3 Å². The Kier molecular flexibility index (Phi) is 8.55. The number of nitrogens with one attached hydrogen (secondary N) is 1. The highest BCUT2D eigenvalue weighted by Crippen LogP contribution is 2.28. The molecule has 0 heterocycles. The van der Waals surface area contributed by atoms with Crippen LogP contribution < -0.4 is 19.5 Å². The molecule has 1 atom stereocenters. The summed E-state index contributed by atoms with van der Waals surface area (Å²) >= 11 is 0. The number of allylic oxidation sites excluding steroid dienone is 1. The first-order chi connectivity index (χ1) is 14.0. The molecule has 1 unspecified atom stereocenters. The molecule has 2 aromatic rings. The van der Waals surface area contributed by atoms with Crippen molar-refractivity contribution in [2.75, 3.05) is 41.5 Å². The van der Waals surface area contributed by atoms with Crippen molar-refractivity contribution in [1.82, 2.24) is 10.2 Å². The number of amides is 1. The van der Waals surface area contributed by atoms with Crippen LogP contribution >= 0.6 is 0 Å². The zero-order valence-corrected chi connectivity index (χ0v) is 17.8. The van der Waals surface area contributed by atoms with E-state index in [4.69, 9.17) is 14.2 Å². The SMILES string of the molecule is C/C=C/c1ccc(OCC(=O)NCC(c2ccc(OC)cc2)N(C)C)c(OC)c1. The molecule has 0 bridgehead atoms. The van der Waals surface area contributed by atoms with Gasteiger partial charge in [0.25, 0.3) is 5.91 Å². The number of methoxy groups -OCH3 is 2. The van der Waals surface area contributed by atoms with E-state index in [-0.39, 0.29) is 18.6 Å². The Hall–Kier alpha value is -2.99. The molecule has 0 aliphatic heterocycles. The lowest BCUT2D eigenvalue weighted by Crippen LogP contribution is -2.36. The first-order valence-electron chi connectivity index (χ1n) is 9.49. The van der Waals surface area contributed by atoms with Crippen LogP contribution in [-0.2, 0) is 4.79 Å². The number of carbonyl (C=O) groups is 1. The van der Waals surface area contributed by atoms with Gasteiger partial charge in [0.2, 0.25) is 0 Å². The fraction of sp³-hybridized carbons (Fsp3) is 0.348. The molecule has 0 aromatic heterocycles. The summed E-state index contributed by atoms with van der Waals surface area (Å²) in [6.07, 6.45) is 3.92. The minimum absolute atomic E-state index is 0.0412. The quantitative estimate of drug-likeness (QED) is 0.663. The largest absolute Gasteiger partial charge is 0.497 e. The van der Waals surface area contributed by atoms with Gasteiger partial charge >= 0.3 is 0 Å². The molecule has 156 valence electrons. The maximum atomic E-state index is 12.3. The smallest absolute Gasteiger partial charge is 0.258 e. The Morgan fingerprint density at radius 1 is 1.07 bits per heavy atom. The molecule has 0 aliphatic carbocycles. The van der Waals surface area contributed by atoms with Gasteiger partial charge in [-0.15, -0.1) is 0 Å². The molecule has 29 heavy (non-hydrogen) atoms. The average molecular weight is 399 g/mol. The van der Waals surface area contributed by atoms with E-state index < -0.39 is 0 Å². The molecule has 6 heteroatoms. The molecule has 0 saturated heterocycles. The summed E-state index contributed by atoms with van der Waals surface area (Å²) in [7, 11) is 7.18.